The number of nitrogens with zero attached hydrogens (tertiary/aromatic N) is 1. The largest absolute Gasteiger partial charge is 0.493 e. The lowest BCUT2D eigenvalue weighted by atomic mass is 9.97. The van der Waals surface area contributed by atoms with Crippen molar-refractivity contribution in [3.05, 3.63) is 52.2 Å². The molecule has 0 atom stereocenters. The van der Waals surface area contributed by atoms with E-state index in [4.69, 9.17) is 4.74 Å². The lowest BCUT2D eigenvalue weighted by molar-refractivity contribution is -0.131. The van der Waals surface area contributed by atoms with Crippen LogP contribution in [0.5, 0.6) is 5.75 Å². The Morgan fingerprint density at radius 1 is 1.18 bits per heavy atom. The van der Waals surface area contributed by atoms with Gasteiger partial charge in [-0.05, 0) is 68.3 Å². The number of carbonyl (C=O) groups is 2. The minimum absolute atomic E-state index is 0.0684. The first-order chi connectivity index (χ1) is 13.5. The van der Waals surface area contributed by atoms with E-state index in [9.17, 15) is 9.59 Å². The van der Waals surface area contributed by atoms with E-state index >= 15 is 0 Å². The number of hydrogen-bond donors (Lipinski definition) is 1. The van der Waals surface area contributed by atoms with Crippen molar-refractivity contribution < 1.29 is 14.3 Å². The van der Waals surface area contributed by atoms with Crippen LogP contribution in [0.2, 0.25) is 0 Å². The second-order valence-electron chi connectivity index (χ2n) is 7.54. The summed E-state index contributed by atoms with van der Waals surface area (Å²) < 4.78 is 5.91. The zero-order valence-corrected chi connectivity index (χ0v) is 17.3. The Balaban J connectivity index is 1.40. The molecule has 3 rings (SSSR count). The molecule has 1 aromatic carbocycles. The SMILES string of the molecule is CC(C)NC(=O)c1ccc(OCC2CCN(C(=O)Cc3cccs3)CC2)cc1. The third kappa shape index (κ3) is 5.83. The smallest absolute Gasteiger partial charge is 0.251 e. The minimum atomic E-state index is -0.0684. The van der Waals surface area contributed by atoms with Crippen molar-refractivity contribution in [1.29, 1.82) is 0 Å². The monoisotopic (exact) mass is 400 g/mol. The quantitative estimate of drug-likeness (QED) is 0.770. The Bertz CT molecular complexity index is 764. The number of nitrogens with one attached hydrogen (secondary N) is 1. The number of amides is 2. The molecule has 0 radical (unpaired) electrons. The molecule has 0 unspecified atom stereocenters. The number of hydrogen-bond acceptors (Lipinski definition) is 4. The highest BCUT2D eigenvalue weighted by atomic mass is 32.1. The van der Waals surface area contributed by atoms with Gasteiger partial charge in [0.25, 0.3) is 5.91 Å². The van der Waals surface area contributed by atoms with Crippen molar-refractivity contribution in [1.82, 2.24) is 10.2 Å². The van der Waals surface area contributed by atoms with Crippen LogP contribution in [-0.2, 0) is 11.2 Å². The van der Waals surface area contributed by atoms with Crippen molar-refractivity contribution in [2.75, 3.05) is 19.7 Å². The zero-order valence-electron chi connectivity index (χ0n) is 16.5. The number of thiophene rings is 1. The average Bonchev–Trinajstić information content (AvgIpc) is 3.19. The first-order valence-electron chi connectivity index (χ1n) is 9.85. The molecule has 0 bridgehead atoms. The molecule has 1 fully saturated rings. The molecule has 1 N–H and O–H groups in total. The predicted octanol–water partition coefficient (Wildman–Crippen LogP) is 3.75. The van der Waals surface area contributed by atoms with Crippen LogP contribution in [0.15, 0.2) is 41.8 Å². The van der Waals surface area contributed by atoms with Crippen LogP contribution in [-0.4, -0.2) is 42.5 Å². The number of carbonyl (C=O) groups excluding carboxylic acids is 2. The Hall–Kier alpha value is -2.34. The van der Waals surface area contributed by atoms with Crippen molar-refractivity contribution in [3.63, 3.8) is 0 Å². The molecule has 0 aliphatic carbocycles. The number of benzene rings is 1. The maximum absolute atomic E-state index is 12.4. The summed E-state index contributed by atoms with van der Waals surface area (Å²) in [5.41, 5.74) is 0.638. The summed E-state index contributed by atoms with van der Waals surface area (Å²) in [7, 11) is 0. The second kappa shape index (κ2) is 9.73. The summed E-state index contributed by atoms with van der Waals surface area (Å²) in [6.07, 6.45) is 2.44. The summed E-state index contributed by atoms with van der Waals surface area (Å²) >= 11 is 1.63. The highest BCUT2D eigenvalue weighted by Crippen LogP contribution is 2.21. The third-order valence-corrected chi connectivity index (χ3v) is 5.77. The van der Waals surface area contributed by atoms with Gasteiger partial charge in [0.1, 0.15) is 5.75 Å². The fourth-order valence-electron chi connectivity index (χ4n) is 3.29. The molecule has 6 heteroatoms. The first kappa shape index (κ1) is 20.4. The molecule has 5 nitrogen and oxygen atoms in total. The minimum Gasteiger partial charge on any atom is -0.493 e. The van der Waals surface area contributed by atoms with Gasteiger partial charge in [-0.1, -0.05) is 6.07 Å². The standard InChI is InChI=1S/C22H28N2O3S/c1-16(2)23-22(26)18-5-7-19(8-6-18)27-15-17-9-11-24(12-10-17)21(25)14-20-4-3-13-28-20/h3-8,13,16-17H,9-12,14-15H2,1-2H3,(H,23,26). The van der Waals surface area contributed by atoms with E-state index in [0.717, 1.165) is 36.6 Å². The summed E-state index contributed by atoms with van der Waals surface area (Å²) in [6.45, 7) is 6.12. The molecule has 2 amide bonds. The molecule has 150 valence electrons. The lowest BCUT2D eigenvalue weighted by Gasteiger charge is -2.32. The van der Waals surface area contributed by atoms with E-state index in [0.29, 0.717) is 24.5 Å². The van der Waals surface area contributed by atoms with E-state index in [-0.39, 0.29) is 17.9 Å². The van der Waals surface area contributed by atoms with E-state index in [2.05, 4.69) is 5.32 Å². The highest BCUT2D eigenvalue weighted by Gasteiger charge is 2.23. The first-order valence-corrected chi connectivity index (χ1v) is 10.7. The van der Waals surface area contributed by atoms with E-state index < -0.39 is 0 Å². The lowest BCUT2D eigenvalue weighted by Crippen LogP contribution is -2.40. The van der Waals surface area contributed by atoms with Crippen molar-refractivity contribution in [2.45, 2.75) is 39.2 Å². The van der Waals surface area contributed by atoms with Gasteiger partial charge in [0.2, 0.25) is 5.91 Å². The summed E-state index contributed by atoms with van der Waals surface area (Å²) in [5, 5.41) is 4.89. The summed E-state index contributed by atoms with van der Waals surface area (Å²) in [6, 6.07) is 11.4. The van der Waals surface area contributed by atoms with Crippen LogP contribution in [0.4, 0.5) is 0 Å². The maximum Gasteiger partial charge on any atom is 0.251 e. The van der Waals surface area contributed by atoms with Crippen LogP contribution < -0.4 is 10.1 Å². The third-order valence-electron chi connectivity index (χ3n) is 4.89. The Morgan fingerprint density at radius 2 is 1.89 bits per heavy atom. The second-order valence-corrected chi connectivity index (χ2v) is 8.58. The molecule has 1 aliphatic heterocycles. The van der Waals surface area contributed by atoms with Gasteiger partial charge >= 0.3 is 0 Å². The van der Waals surface area contributed by atoms with Crippen LogP contribution in [0.1, 0.15) is 41.9 Å². The molecule has 2 aromatic rings. The van der Waals surface area contributed by atoms with Crippen molar-refractivity contribution in [3.8, 4) is 5.75 Å². The molecule has 2 heterocycles. The molecular formula is C22H28N2O3S. The fourth-order valence-corrected chi connectivity index (χ4v) is 3.98. The van der Waals surface area contributed by atoms with E-state index in [1.165, 1.54) is 0 Å². The van der Waals surface area contributed by atoms with Gasteiger partial charge in [-0.3, -0.25) is 9.59 Å². The van der Waals surface area contributed by atoms with E-state index in [1.54, 1.807) is 23.5 Å². The van der Waals surface area contributed by atoms with Crippen molar-refractivity contribution >= 4 is 23.2 Å². The number of likely N-dealkylation sites (tertiary alicyclic amines) is 1. The topological polar surface area (TPSA) is 58.6 Å². The van der Waals surface area contributed by atoms with E-state index in [1.807, 2.05) is 48.4 Å². The Morgan fingerprint density at radius 3 is 2.50 bits per heavy atom. The molecule has 1 saturated heterocycles. The van der Waals surface area contributed by atoms with Gasteiger partial charge in [-0.2, -0.15) is 0 Å². The van der Waals surface area contributed by atoms with Gasteiger partial charge < -0.3 is 15.0 Å². The number of rotatable bonds is 7. The summed E-state index contributed by atoms with van der Waals surface area (Å²) in [4.78, 5) is 27.4. The molecule has 0 saturated carbocycles. The zero-order chi connectivity index (χ0) is 19.9. The fraction of sp³-hybridized carbons (Fsp3) is 0.455. The molecular weight excluding hydrogens is 372 g/mol. The van der Waals surface area contributed by atoms with Gasteiger partial charge in [0, 0.05) is 29.6 Å². The van der Waals surface area contributed by atoms with Crippen LogP contribution in [0, 0.1) is 5.92 Å². The molecule has 0 spiro atoms. The average molecular weight is 401 g/mol. The maximum atomic E-state index is 12.4. The van der Waals surface area contributed by atoms with Gasteiger partial charge in [-0.15, -0.1) is 11.3 Å². The molecule has 1 aromatic heterocycles. The molecule has 1 aliphatic rings. The van der Waals surface area contributed by atoms with Crippen LogP contribution in [0.25, 0.3) is 0 Å². The Kier molecular flexibility index (Phi) is 7.09. The predicted molar refractivity (Wildman–Crippen MR) is 112 cm³/mol. The van der Waals surface area contributed by atoms with Gasteiger partial charge in [-0.25, -0.2) is 0 Å². The normalized spacial score (nSPS) is 14.9. The highest BCUT2D eigenvalue weighted by molar-refractivity contribution is 7.10. The van der Waals surface area contributed by atoms with Gasteiger partial charge in [0.15, 0.2) is 0 Å². The van der Waals surface area contributed by atoms with Gasteiger partial charge in [0.05, 0.1) is 13.0 Å². The van der Waals surface area contributed by atoms with Crippen LogP contribution >= 0.6 is 11.3 Å². The summed E-state index contributed by atoms with van der Waals surface area (Å²) in [5.74, 6) is 1.38. The number of piperidine rings is 1. The van der Waals surface area contributed by atoms with Crippen molar-refractivity contribution in [2.24, 2.45) is 5.92 Å². The van der Waals surface area contributed by atoms with Crippen LogP contribution in [0.3, 0.4) is 0 Å². The number of ether oxygens (including phenoxy) is 1. The molecule has 28 heavy (non-hydrogen) atoms. The Labute approximate surface area is 170 Å².